The van der Waals surface area contributed by atoms with Crippen LogP contribution in [0, 0.1) is 11.3 Å². The van der Waals surface area contributed by atoms with Crippen LogP contribution >= 0.6 is 0 Å². The van der Waals surface area contributed by atoms with Gasteiger partial charge in [0, 0.05) is 19.5 Å². The number of rotatable bonds is 3. The Balaban J connectivity index is 1.41. The SMILES string of the molecule is O=C(CCC1CCNCC1)N1CCC2(CCC2)C1. The summed E-state index contributed by atoms with van der Waals surface area (Å²) in [5.41, 5.74) is 0.560. The summed E-state index contributed by atoms with van der Waals surface area (Å²) < 4.78 is 0. The molecule has 3 rings (SSSR count). The number of piperidine rings is 1. The number of likely N-dealkylation sites (tertiary alicyclic amines) is 1. The summed E-state index contributed by atoms with van der Waals surface area (Å²) in [5, 5.41) is 3.39. The van der Waals surface area contributed by atoms with E-state index in [0.717, 1.165) is 44.9 Å². The molecule has 3 nitrogen and oxygen atoms in total. The molecule has 0 aromatic heterocycles. The Morgan fingerprint density at radius 2 is 2.00 bits per heavy atom. The molecule has 0 bridgehead atoms. The number of hydrogen-bond acceptors (Lipinski definition) is 2. The van der Waals surface area contributed by atoms with E-state index in [9.17, 15) is 4.79 Å². The monoisotopic (exact) mass is 250 g/mol. The highest BCUT2D eigenvalue weighted by Crippen LogP contribution is 2.48. The highest BCUT2D eigenvalue weighted by molar-refractivity contribution is 5.76. The van der Waals surface area contributed by atoms with Gasteiger partial charge in [0.15, 0.2) is 0 Å². The molecule has 0 aromatic rings. The van der Waals surface area contributed by atoms with Crippen molar-refractivity contribution in [2.24, 2.45) is 11.3 Å². The molecule has 1 amide bonds. The molecule has 1 saturated carbocycles. The lowest BCUT2D eigenvalue weighted by molar-refractivity contribution is -0.131. The maximum absolute atomic E-state index is 12.2. The minimum absolute atomic E-state index is 0.428. The molecular formula is C15H26N2O. The predicted octanol–water partition coefficient (Wildman–Crippen LogP) is 2.17. The average Bonchev–Trinajstić information content (AvgIpc) is 2.82. The van der Waals surface area contributed by atoms with Gasteiger partial charge in [-0.05, 0) is 62.9 Å². The van der Waals surface area contributed by atoms with Crippen molar-refractivity contribution in [2.45, 2.75) is 51.4 Å². The molecule has 2 aliphatic heterocycles. The lowest BCUT2D eigenvalue weighted by atomic mass is 9.68. The third kappa shape index (κ3) is 2.56. The number of amides is 1. The molecule has 0 radical (unpaired) electrons. The van der Waals surface area contributed by atoms with Gasteiger partial charge in [-0.1, -0.05) is 6.42 Å². The molecule has 3 heteroatoms. The second kappa shape index (κ2) is 5.20. The molecule has 0 unspecified atom stereocenters. The minimum Gasteiger partial charge on any atom is -0.342 e. The zero-order chi connectivity index (χ0) is 12.4. The van der Waals surface area contributed by atoms with E-state index in [1.165, 1.54) is 38.5 Å². The second-order valence-corrected chi connectivity index (χ2v) is 6.65. The van der Waals surface area contributed by atoms with Crippen LogP contribution in [0.25, 0.3) is 0 Å². The molecule has 2 saturated heterocycles. The molecule has 1 spiro atoms. The van der Waals surface area contributed by atoms with Gasteiger partial charge in [-0.15, -0.1) is 0 Å². The molecule has 102 valence electrons. The van der Waals surface area contributed by atoms with E-state index in [1.807, 2.05) is 0 Å². The van der Waals surface area contributed by atoms with Crippen LogP contribution < -0.4 is 5.32 Å². The van der Waals surface area contributed by atoms with E-state index >= 15 is 0 Å². The Kier molecular flexibility index (Phi) is 3.60. The standard InChI is InChI=1S/C15H26N2O/c18-14(3-2-13-4-9-16-10-5-13)17-11-8-15(12-17)6-1-7-15/h13,16H,1-12H2. The Bertz CT molecular complexity index is 306. The molecule has 1 aliphatic carbocycles. The summed E-state index contributed by atoms with van der Waals surface area (Å²) in [5.74, 6) is 1.22. The van der Waals surface area contributed by atoms with Gasteiger partial charge >= 0.3 is 0 Å². The number of nitrogens with one attached hydrogen (secondary N) is 1. The fourth-order valence-corrected chi connectivity index (χ4v) is 3.89. The van der Waals surface area contributed by atoms with Crippen LogP contribution in [0.4, 0.5) is 0 Å². The quantitative estimate of drug-likeness (QED) is 0.832. The first-order valence-electron chi connectivity index (χ1n) is 7.76. The van der Waals surface area contributed by atoms with E-state index in [-0.39, 0.29) is 0 Å². The van der Waals surface area contributed by atoms with Gasteiger partial charge in [0.1, 0.15) is 0 Å². The third-order valence-electron chi connectivity index (χ3n) is 5.43. The lowest BCUT2D eigenvalue weighted by Gasteiger charge is -2.38. The molecule has 18 heavy (non-hydrogen) atoms. The first kappa shape index (κ1) is 12.5. The van der Waals surface area contributed by atoms with E-state index in [1.54, 1.807) is 0 Å². The Morgan fingerprint density at radius 3 is 2.61 bits per heavy atom. The Morgan fingerprint density at radius 1 is 1.22 bits per heavy atom. The number of nitrogens with zero attached hydrogens (tertiary/aromatic N) is 1. The van der Waals surface area contributed by atoms with Crippen molar-refractivity contribution in [1.82, 2.24) is 10.2 Å². The third-order valence-corrected chi connectivity index (χ3v) is 5.43. The maximum Gasteiger partial charge on any atom is 0.222 e. The number of carbonyl (C=O) groups is 1. The molecule has 3 aliphatic rings. The van der Waals surface area contributed by atoms with Crippen LogP contribution in [0.1, 0.15) is 51.4 Å². The van der Waals surface area contributed by atoms with Gasteiger partial charge in [-0.3, -0.25) is 4.79 Å². The zero-order valence-electron chi connectivity index (χ0n) is 11.4. The van der Waals surface area contributed by atoms with Gasteiger partial charge in [-0.25, -0.2) is 0 Å². The van der Waals surface area contributed by atoms with Gasteiger partial charge in [0.05, 0.1) is 0 Å². The van der Waals surface area contributed by atoms with Crippen molar-refractivity contribution in [2.75, 3.05) is 26.2 Å². The molecular weight excluding hydrogens is 224 g/mol. The highest BCUT2D eigenvalue weighted by atomic mass is 16.2. The zero-order valence-corrected chi connectivity index (χ0v) is 11.4. The summed E-state index contributed by atoms with van der Waals surface area (Å²) in [6.07, 6.45) is 9.82. The topological polar surface area (TPSA) is 32.3 Å². The molecule has 3 fully saturated rings. The van der Waals surface area contributed by atoms with E-state index in [2.05, 4.69) is 10.2 Å². The van der Waals surface area contributed by atoms with Crippen molar-refractivity contribution in [3.05, 3.63) is 0 Å². The summed E-state index contributed by atoms with van der Waals surface area (Å²) in [6.45, 7) is 4.39. The second-order valence-electron chi connectivity index (χ2n) is 6.65. The largest absolute Gasteiger partial charge is 0.342 e. The molecule has 0 atom stereocenters. The van der Waals surface area contributed by atoms with Crippen molar-refractivity contribution in [1.29, 1.82) is 0 Å². The number of hydrogen-bond donors (Lipinski definition) is 1. The van der Waals surface area contributed by atoms with E-state index in [0.29, 0.717) is 11.3 Å². The van der Waals surface area contributed by atoms with E-state index in [4.69, 9.17) is 0 Å². The van der Waals surface area contributed by atoms with Gasteiger partial charge in [-0.2, -0.15) is 0 Å². The summed E-state index contributed by atoms with van der Waals surface area (Å²) in [6, 6.07) is 0. The van der Waals surface area contributed by atoms with Crippen molar-refractivity contribution in [3.8, 4) is 0 Å². The maximum atomic E-state index is 12.2. The molecule has 2 heterocycles. The van der Waals surface area contributed by atoms with Crippen LogP contribution in [0.15, 0.2) is 0 Å². The van der Waals surface area contributed by atoms with Crippen LogP contribution in [0.3, 0.4) is 0 Å². The Labute approximate surface area is 110 Å². The normalized spacial score (nSPS) is 27.4. The first-order valence-corrected chi connectivity index (χ1v) is 7.76. The molecule has 1 N–H and O–H groups in total. The smallest absolute Gasteiger partial charge is 0.222 e. The fraction of sp³-hybridized carbons (Fsp3) is 0.933. The fourth-order valence-electron chi connectivity index (χ4n) is 3.89. The Hall–Kier alpha value is -0.570. The van der Waals surface area contributed by atoms with Gasteiger partial charge < -0.3 is 10.2 Å². The van der Waals surface area contributed by atoms with Gasteiger partial charge in [0.2, 0.25) is 5.91 Å². The molecule has 0 aromatic carbocycles. The summed E-state index contributed by atoms with van der Waals surface area (Å²) in [7, 11) is 0. The van der Waals surface area contributed by atoms with E-state index < -0.39 is 0 Å². The van der Waals surface area contributed by atoms with Crippen LogP contribution in [0.5, 0.6) is 0 Å². The predicted molar refractivity (Wildman–Crippen MR) is 72.3 cm³/mol. The number of carbonyl (C=O) groups excluding carboxylic acids is 1. The lowest BCUT2D eigenvalue weighted by Crippen LogP contribution is -2.36. The van der Waals surface area contributed by atoms with Crippen LogP contribution in [0.2, 0.25) is 0 Å². The summed E-state index contributed by atoms with van der Waals surface area (Å²) >= 11 is 0. The van der Waals surface area contributed by atoms with Crippen LogP contribution in [-0.2, 0) is 4.79 Å². The van der Waals surface area contributed by atoms with Crippen LogP contribution in [-0.4, -0.2) is 37.0 Å². The summed E-state index contributed by atoms with van der Waals surface area (Å²) in [4.78, 5) is 14.4. The average molecular weight is 250 g/mol. The van der Waals surface area contributed by atoms with Crippen molar-refractivity contribution in [3.63, 3.8) is 0 Å². The van der Waals surface area contributed by atoms with Crippen molar-refractivity contribution < 1.29 is 4.79 Å². The van der Waals surface area contributed by atoms with Crippen molar-refractivity contribution >= 4 is 5.91 Å². The highest BCUT2D eigenvalue weighted by Gasteiger charge is 2.43. The van der Waals surface area contributed by atoms with Gasteiger partial charge in [0.25, 0.3) is 0 Å². The first-order chi connectivity index (χ1) is 8.77. The minimum atomic E-state index is 0.428.